The molecular formula is C7H11NO2S. The molecule has 1 aliphatic rings. The molecule has 1 aliphatic heterocycles. The van der Waals surface area contributed by atoms with E-state index in [1.807, 2.05) is 7.05 Å². The quantitative estimate of drug-likeness (QED) is 0.550. The van der Waals surface area contributed by atoms with Crippen molar-refractivity contribution in [1.82, 2.24) is 4.90 Å². The number of allylic oxidation sites excluding steroid dienone is 2. The summed E-state index contributed by atoms with van der Waals surface area (Å²) in [6.45, 7) is 3.40. The van der Waals surface area contributed by atoms with E-state index in [4.69, 9.17) is 0 Å². The van der Waals surface area contributed by atoms with Crippen LogP contribution in [0.15, 0.2) is 22.2 Å². The van der Waals surface area contributed by atoms with Gasteiger partial charge >= 0.3 is 0 Å². The van der Waals surface area contributed by atoms with Gasteiger partial charge in [-0.05, 0) is 13.8 Å². The van der Waals surface area contributed by atoms with Crippen molar-refractivity contribution in [2.24, 2.45) is 0 Å². The standard InChI is InChI=1S/C7H11NO2S/c1-6-7(2)11(9,10)5-4-8(6)3/h4-5H,1-3H3. The topological polar surface area (TPSA) is 37.4 Å². The molecule has 0 unspecified atom stereocenters. The van der Waals surface area contributed by atoms with Crippen molar-refractivity contribution in [3.8, 4) is 0 Å². The Kier molecular flexibility index (Phi) is 1.80. The Morgan fingerprint density at radius 1 is 1.36 bits per heavy atom. The average Bonchev–Trinajstić information content (AvgIpc) is 1.95. The molecule has 0 spiro atoms. The molecule has 0 radical (unpaired) electrons. The predicted molar refractivity (Wildman–Crippen MR) is 44.2 cm³/mol. The smallest absolute Gasteiger partial charge is 0.198 e. The summed E-state index contributed by atoms with van der Waals surface area (Å²) in [4.78, 5) is 2.22. The highest BCUT2D eigenvalue weighted by atomic mass is 32.2. The van der Waals surface area contributed by atoms with Gasteiger partial charge in [-0.1, -0.05) is 0 Å². The van der Waals surface area contributed by atoms with Crippen LogP contribution in [0.2, 0.25) is 0 Å². The Morgan fingerprint density at radius 2 is 1.91 bits per heavy atom. The van der Waals surface area contributed by atoms with E-state index >= 15 is 0 Å². The largest absolute Gasteiger partial charge is 0.353 e. The maximum Gasteiger partial charge on any atom is 0.198 e. The van der Waals surface area contributed by atoms with Crippen molar-refractivity contribution >= 4 is 9.84 Å². The van der Waals surface area contributed by atoms with Crippen LogP contribution >= 0.6 is 0 Å². The summed E-state index contributed by atoms with van der Waals surface area (Å²) < 4.78 is 22.3. The molecule has 1 rings (SSSR count). The molecule has 0 amide bonds. The summed E-state index contributed by atoms with van der Waals surface area (Å²) >= 11 is 0. The lowest BCUT2D eigenvalue weighted by Gasteiger charge is -2.20. The van der Waals surface area contributed by atoms with Gasteiger partial charge in [0.05, 0.1) is 10.3 Å². The van der Waals surface area contributed by atoms with Crippen LogP contribution in [0, 0.1) is 0 Å². The van der Waals surface area contributed by atoms with Gasteiger partial charge in [0.15, 0.2) is 9.84 Å². The lowest BCUT2D eigenvalue weighted by atomic mass is 10.4. The molecule has 4 heteroatoms. The first-order chi connectivity index (χ1) is 4.95. The fourth-order valence-electron chi connectivity index (χ4n) is 0.839. The lowest BCUT2D eigenvalue weighted by molar-refractivity contribution is 0.553. The first kappa shape index (κ1) is 8.33. The summed E-state index contributed by atoms with van der Waals surface area (Å²) in [5.41, 5.74) is 0.785. The van der Waals surface area contributed by atoms with Gasteiger partial charge in [-0.3, -0.25) is 0 Å². The minimum atomic E-state index is -3.09. The molecule has 0 N–H and O–H groups in total. The molecular weight excluding hydrogens is 162 g/mol. The summed E-state index contributed by atoms with van der Waals surface area (Å²) in [7, 11) is -1.26. The van der Waals surface area contributed by atoms with Crippen LogP contribution in [0.3, 0.4) is 0 Å². The molecule has 0 aliphatic carbocycles. The molecule has 11 heavy (non-hydrogen) atoms. The third-order valence-electron chi connectivity index (χ3n) is 1.93. The highest BCUT2D eigenvalue weighted by Gasteiger charge is 2.18. The van der Waals surface area contributed by atoms with Crippen molar-refractivity contribution in [1.29, 1.82) is 0 Å². The number of rotatable bonds is 0. The van der Waals surface area contributed by atoms with E-state index in [1.165, 1.54) is 5.41 Å². The molecule has 0 aromatic heterocycles. The van der Waals surface area contributed by atoms with Gasteiger partial charge in [-0.15, -0.1) is 0 Å². The van der Waals surface area contributed by atoms with E-state index in [0.717, 1.165) is 5.70 Å². The summed E-state index contributed by atoms with van der Waals surface area (Å²) in [6, 6.07) is 0. The average molecular weight is 173 g/mol. The van der Waals surface area contributed by atoms with Crippen LogP contribution < -0.4 is 0 Å². The Bertz CT molecular complexity index is 324. The van der Waals surface area contributed by atoms with Crippen LogP contribution in [0.4, 0.5) is 0 Å². The molecule has 0 aromatic rings. The predicted octanol–water partition coefficient (Wildman–Crippen LogP) is 1.07. The Morgan fingerprint density at radius 3 is 2.36 bits per heavy atom. The van der Waals surface area contributed by atoms with E-state index < -0.39 is 9.84 Å². The number of sulfone groups is 1. The highest BCUT2D eigenvalue weighted by molar-refractivity contribution is 7.98. The molecule has 0 fully saturated rings. The van der Waals surface area contributed by atoms with Gasteiger partial charge in [0.2, 0.25) is 0 Å². The summed E-state index contributed by atoms with van der Waals surface area (Å²) in [5, 5.41) is 1.22. The van der Waals surface area contributed by atoms with E-state index in [-0.39, 0.29) is 0 Å². The van der Waals surface area contributed by atoms with Crippen molar-refractivity contribution in [2.75, 3.05) is 7.05 Å². The van der Waals surface area contributed by atoms with Gasteiger partial charge in [0.1, 0.15) is 0 Å². The third-order valence-corrected chi connectivity index (χ3v) is 3.56. The third kappa shape index (κ3) is 1.30. The van der Waals surface area contributed by atoms with Gasteiger partial charge in [-0.2, -0.15) is 0 Å². The monoisotopic (exact) mass is 173 g/mol. The van der Waals surface area contributed by atoms with Gasteiger partial charge in [-0.25, -0.2) is 8.42 Å². The van der Waals surface area contributed by atoms with Crippen molar-refractivity contribution < 1.29 is 8.42 Å². The molecule has 0 bridgehead atoms. The second-order valence-corrected chi connectivity index (χ2v) is 4.56. The summed E-state index contributed by atoms with van der Waals surface area (Å²) in [5.74, 6) is 0. The summed E-state index contributed by atoms with van der Waals surface area (Å²) in [6.07, 6.45) is 1.55. The van der Waals surface area contributed by atoms with Gasteiger partial charge < -0.3 is 4.90 Å². The van der Waals surface area contributed by atoms with Gasteiger partial charge in [0, 0.05) is 18.9 Å². The normalized spacial score (nSPS) is 22.6. The van der Waals surface area contributed by atoms with E-state index in [9.17, 15) is 8.42 Å². The minimum Gasteiger partial charge on any atom is -0.353 e. The van der Waals surface area contributed by atoms with Gasteiger partial charge in [0.25, 0.3) is 0 Å². The molecule has 1 heterocycles. The molecule has 0 aromatic carbocycles. The van der Waals surface area contributed by atoms with Crippen LogP contribution in [0.5, 0.6) is 0 Å². The van der Waals surface area contributed by atoms with Crippen LogP contribution in [0.1, 0.15) is 13.8 Å². The fraction of sp³-hybridized carbons (Fsp3) is 0.429. The fourth-order valence-corrected chi connectivity index (χ4v) is 1.94. The zero-order valence-corrected chi connectivity index (χ0v) is 7.64. The van der Waals surface area contributed by atoms with E-state index in [0.29, 0.717) is 4.91 Å². The zero-order chi connectivity index (χ0) is 8.65. The second kappa shape index (κ2) is 2.37. The van der Waals surface area contributed by atoms with Crippen molar-refractivity contribution in [2.45, 2.75) is 13.8 Å². The molecule has 62 valence electrons. The molecule has 3 nitrogen and oxygen atoms in total. The Labute approximate surface area is 66.9 Å². The van der Waals surface area contributed by atoms with Crippen molar-refractivity contribution in [3.05, 3.63) is 22.2 Å². The lowest BCUT2D eigenvalue weighted by Crippen LogP contribution is -2.17. The van der Waals surface area contributed by atoms with Crippen molar-refractivity contribution in [3.63, 3.8) is 0 Å². The Hall–Kier alpha value is -0.770. The van der Waals surface area contributed by atoms with E-state index in [1.54, 1.807) is 24.9 Å². The number of nitrogens with zero attached hydrogens (tertiary/aromatic N) is 1. The molecule has 0 saturated carbocycles. The minimum absolute atomic E-state index is 0.433. The Balaban J connectivity index is 3.26. The number of hydrogen-bond acceptors (Lipinski definition) is 3. The maximum absolute atomic E-state index is 11.2. The van der Waals surface area contributed by atoms with Crippen LogP contribution in [-0.2, 0) is 9.84 Å². The van der Waals surface area contributed by atoms with Crippen LogP contribution in [-0.4, -0.2) is 20.4 Å². The highest BCUT2D eigenvalue weighted by Crippen LogP contribution is 2.20. The first-order valence-electron chi connectivity index (χ1n) is 3.29. The second-order valence-electron chi connectivity index (χ2n) is 2.58. The molecule has 0 atom stereocenters. The van der Waals surface area contributed by atoms with Crippen LogP contribution in [0.25, 0.3) is 0 Å². The SMILES string of the molecule is CC1=C(C)S(=O)(=O)C=CN1C. The maximum atomic E-state index is 11.2. The van der Waals surface area contributed by atoms with E-state index in [2.05, 4.69) is 0 Å². The first-order valence-corrected chi connectivity index (χ1v) is 4.83. The molecule has 0 saturated heterocycles. The number of hydrogen-bond donors (Lipinski definition) is 0. The zero-order valence-electron chi connectivity index (χ0n) is 6.83.